The van der Waals surface area contributed by atoms with Gasteiger partial charge < -0.3 is 10.1 Å². The third-order valence-electron chi connectivity index (χ3n) is 4.68. The maximum atomic E-state index is 12.5. The summed E-state index contributed by atoms with van der Waals surface area (Å²) in [4.78, 5) is 25.9. The fourth-order valence-electron chi connectivity index (χ4n) is 3.28. The van der Waals surface area contributed by atoms with Crippen LogP contribution in [0.15, 0.2) is 36.4 Å². The SMILES string of the molecule is CCOC(=O)c1c(NC(=S)NC(=O)/C=C/c2ccccc2)sc2c1CCC(C)C2. The smallest absolute Gasteiger partial charge is 0.341 e. The Balaban J connectivity index is 1.71. The van der Waals surface area contributed by atoms with Gasteiger partial charge in [0.2, 0.25) is 5.91 Å². The zero-order valence-corrected chi connectivity index (χ0v) is 18.1. The largest absolute Gasteiger partial charge is 0.462 e. The van der Waals surface area contributed by atoms with Crippen LogP contribution in [0.1, 0.15) is 46.6 Å². The Morgan fingerprint density at radius 3 is 2.79 bits per heavy atom. The van der Waals surface area contributed by atoms with E-state index in [1.165, 1.54) is 22.3 Å². The molecule has 5 nitrogen and oxygen atoms in total. The summed E-state index contributed by atoms with van der Waals surface area (Å²) in [5.41, 5.74) is 2.52. The number of benzene rings is 1. The molecule has 1 aliphatic carbocycles. The molecule has 0 saturated carbocycles. The third-order valence-corrected chi connectivity index (χ3v) is 6.06. The van der Waals surface area contributed by atoms with Crippen LogP contribution in [0, 0.1) is 5.92 Å². The van der Waals surface area contributed by atoms with Gasteiger partial charge in [0.1, 0.15) is 5.00 Å². The molecule has 0 radical (unpaired) electrons. The first-order valence-electron chi connectivity index (χ1n) is 9.64. The summed E-state index contributed by atoms with van der Waals surface area (Å²) in [6, 6.07) is 9.53. The number of thiophene rings is 1. The van der Waals surface area contributed by atoms with Gasteiger partial charge in [0.05, 0.1) is 12.2 Å². The van der Waals surface area contributed by atoms with Crippen molar-refractivity contribution in [2.45, 2.75) is 33.1 Å². The van der Waals surface area contributed by atoms with Crippen LogP contribution in [-0.2, 0) is 22.4 Å². The van der Waals surface area contributed by atoms with E-state index in [9.17, 15) is 9.59 Å². The number of hydrogen-bond acceptors (Lipinski definition) is 5. The van der Waals surface area contributed by atoms with Crippen LogP contribution in [0.5, 0.6) is 0 Å². The topological polar surface area (TPSA) is 67.4 Å². The highest BCUT2D eigenvalue weighted by atomic mass is 32.1. The molecule has 1 unspecified atom stereocenters. The van der Waals surface area contributed by atoms with E-state index in [0.29, 0.717) is 23.1 Å². The molecule has 1 aromatic carbocycles. The Morgan fingerprint density at radius 1 is 1.31 bits per heavy atom. The molecule has 0 spiro atoms. The molecule has 0 bridgehead atoms. The molecule has 1 atom stereocenters. The van der Waals surface area contributed by atoms with Crippen molar-refractivity contribution in [3.63, 3.8) is 0 Å². The molecular formula is C22H24N2O3S2. The fourth-order valence-corrected chi connectivity index (χ4v) is 4.95. The summed E-state index contributed by atoms with van der Waals surface area (Å²) in [5, 5.41) is 6.47. The third kappa shape index (κ3) is 5.52. The second kappa shape index (κ2) is 9.80. The van der Waals surface area contributed by atoms with E-state index in [4.69, 9.17) is 17.0 Å². The zero-order valence-electron chi connectivity index (χ0n) is 16.5. The van der Waals surface area contributed by atoms with Crippen LogP contribution in [0.25, 0.3) is 6.08 Å². The van der Waals surface area contributed by atoms with Crippen LogP contribution in [0.4, 0.5) is 5.00 Å². The standard InChI is InChI=1S/C22H24N2O3S2/c1-3-27-21(26)19-16-11-9-14(2)13-17(16)29-20(19)24-22(28)23-18(25)12-10-15-7-5-4-6-8-15/h4-8,10,12,14H,3,9,11,13H2,1-2H3,(H2,23,24,25,28)/b12-10+. The second-order valence-electron chi connectivity index (χ2n) is 6.96. The number of amides is 1. The Kier molecular flexibility index (Phi) is 7.17. The highest BCUT2D eigenvalue weighted by molar-refractivity contribution is 7.80. The predicted octanol–water partition coefficient (Wildman–Crippen LogP) is 4.58. The molecule has 29 heavy (non-hydrogen) atoms. The van der Waals surface area contributed by atoms with E-state index < -0.39 is 0 Å². The van der Waals surface area contributed by atoms with E-state index in [-0.39, 0.29) is 17.0 Å². The van der Waals surface area contributed by atoms with Gasteiger partial charge in [-0.05, 0) is 61.5 Å². The van der Waals surface area contributed by atoms with Crippen molar-refractivity contribution in [1.29, 1.82) is 0 Å². The average Bonchev–Trinajstić information content (AvgIpc) is 3.04. The number of fused-ring (bicyclic) bond motifs is 1. The van der Waals surface area contributed by atoms with Gasteiger partial charge in [-0.1, -0.05) is 37.3 Å². The number of esters is 1. The maximum absolute atomic E-state index is 12.5. The van der Waals surface area contributed by atoms with Crippen molar-refractivity contribution >= 4 is 51.6 Å². The number of carbonyl (C=O) groups excluding carboxylic acids is 2. The summed E-state index contributed by atoms with van der Waals surface area (Å²) in [6.45, 7) is 4.31. The lowest BCUT2D eigenvalue weighted by Gasteiger charge is -2.18. The van der Waals surface area contributed by atoms with Crippen molar-refractivity contribution < 1.29 is 14.3 Å². The molecule has 2 N–H and O–H groups in total. The Labute approximate surface area is 180 Å². The first-order chi connectivity index (χ1) is 14.0. The number of anilines is 1. The van der Waals surface area contributed by atoms with Crippen LogP contribution in [0.3, 0.4) is 0 Å². The molecule has 0 aliphatic heterocycles. The zero-order chi connectivity index (χ0) is 20.8. The normalized spacial score (nSPS) is 15.6. The molecule has 0 saturated heterocycles. The Bertz CT molecular complexity index is 935. The summed E-state index contributed by atoms with van der Waals surface area (Å²) >= 11 is 6.81. The van der Waals surface area contributed by atoms with Crippen LogP contribution < -0.4 is 10.6 Å². The van der Waals surface area contributed by atoms with Crippen molar-refractivity contribution in [3.8, 4) is 0 Å². The molecular weight excluding hydrogens is 404 g/mol. The van der Waals surface area contributed by atoms with Gasteiger partial charge in [-0.25, -0.2) is 4.79 Å². The van der Waals surface area contributed by atoms with E-state index in [0.717, 1.165) is 30.4 Å². The molecule has 0 fully saturated rings. The molecule has 1 aromatic heterocycles. The molecule has 1 heterocycles. The van der Waals surface area contributed by atoms with Crippen molar-refractivity contribution in [2.24, 2.45) is 5.92 Å². The number of rotatable bonds is 5. The van der Waals surface area contributed by atoms with Crippen molar-refractivity contribution in [1.82, 2.24) is 5.32 Å². The Morgan fingerprint density at radius 2 is 2.07 bits per heavy atom. The monoisotopic (exact) mass is 428 g/mol. The van der Waals surface area contributed by atoms with Crippen molar-refractivity contribution in [3.05, 3.63) is 58.0 Å². The van der Waals surface area contributed by atoms with Crippen molar-refractivity contribution in [2.75, 3.05) is 11.9 Å². The van der Waals surface area contributed by atoms with Gasteiger partial charge in [0.15, 0.2) is 5.11 Å². The first-order valence-corrected chi connectivity index (χ1v) is 10.9. The summed E-state index contributed by atoms with van der Waals surface area (Å²) < 4.78 is 5.26. The highest BCUT2D eigenvalue weighted by Crippen LogP contribution is 2.40. The molecule has 152 valence electrons. The van der Waals surface area contributed by atoms with Crippen LogP contribution >= 0.6 is 23.6 Å². The van der Waals surface area contributed by atoms with Gasteiger partial charge in [0, 0.05) is 11.0 Å². The molecule has 7 heteroatoms. The summed E-state index contributed by atoms with van der Waals surface area (Å²) in [5.74, 6) is -0.0991. The first kappa shape index (κ1) is 21.2. The molecule has 2 aromatic rings. The van der Waals surface area contributed by atoms with Gasteiger partial charge >= 0.3 is 5.97 Å². The summed E-state index contributed by atoms with van der Waals surface area (Å²) in [7, 11) is 0. The lowest BCUT2D eigenvalue weighted by Crippen LogP contribution is -2.33. The summed E-state index contributed by atoms with van der Waals surface area (Å²) in [6.07, 6.45) is 5.97. The van der Waals surface area contributed by atoms with Gasteiger partial charge in [0.25, 0.3) is 0 Å². The maximum Gasteiger partial charge on any atom is 0.341 e. The minimum absolute atomic E-state index is 0.157. The Hall–Kier alpha value is -2.51. The van der Waals surface area contributed by atoms with Gasteiger partial charge in [-0.3, -0.25) is 10.1 Å². The number of nitrogens with one attached hydrogen (secondary N) is 2. The molecule has 1 aliphatic rings. The minimum atomic E-state index is -0.347. The number of thiocarbonyl (C=S) groups is 1. The van der Waals surface area contributed by atoms with E-state index in [2.05, 4.69) is 17.6 Å². The van der Waals surface area contributed by atoms with Crippen LogP contribution in [0.2, 0.25) is 0 Å². The predicted molar refractivity (Wildman–Crippen MR) is 121 cm³/mol. The van der Waals surface area contributed by atoms with Gasteiger partial charge in [-0.2, -0.15) is 0 Å². The van der Waals surface area contributed by atoms with E-state index in [1.54, 1.807) is 13.0 Å². The number of ether oxygens (including phenoxy) is 1. The lowest BCUT2D eigenvalue weighted by molar-refractivity contribution is -0.115. The number of carbonyl (C=O) groups is 2. The average molecular weight is 429 g/mol. The van der Waals surface area contributed by atoms with Crippen LogP contribution in [-0.4, -0.2) is 23.6 Å². The quantitative estimate of drug-likeness (QED) is 0.415. The lowest BCUT2D eigenvalue weighted by atomic mass is 9.88. The molecule has 3 rings (SSSR count). The minimum Gasteiger partial charge on any atom is -0.462 e. The van der Waals surface area contributed by atoms with E-state index in [1.807, 2.05) is 30.3 Å². The fraction of sp³-hybridized carbons (Fsp3) is 0.318. The van der Waals surface area contributed by atoms with E-state index >= 15 is 0 Å². The highest BCUT2D eigenvalue weighted by Gasteiger charge is 2.28. The number of hydrogen-bond donors (Lipinski definition) is 2. The molecule has 1 amide bonds. The second-order valence-corrected chi connectivity index (χ2v) is 8.48. The van der Waals surface area contributed by atoms with Gasteiger partial charge in [-0.15, -0.1) is 11.3 Å².